The third-order valence-corrected chi connectivity index (χ3v) is 4.75. The van der Waals surface area contributed by atoms with Gasteiger partial charge in [0.15, 0.2) is 0 Å². The minimum Gasteiger partial charge on any atom is -0.355 e. The maximum atomic E-state index is 11.5. The summed E-state index contributed by atoms with van der Waals surface area (Å²) in [4.78, 5) is 11.5. The molecule has 1 aliphatic carbocycles. The molecule has 1 aromatic rings. The molecule has 0 atom stereocenters. The summed E-state index contributed by atoms with van der Waals surface area (Å²) >= 11 is 0. The van der Waals surface area contributed by atoms with Crippen molar-refractivity contribution in [3.8, 4) is 0 Å². The summed E-state index contributed by atoms with van der Waals surface area (Å²) in [5, 5.41) is 6.30. The largest absolute Gasteiger partial charge is 0.355 e. The second-order valence-electron chi connectivity index (χ2n) is 6.51. The fourth-order valence-electron chi connectivity index (χ4n) is 3.17. The zero-order chi connectivity index (χ0) is 15.2. The number of amides is 1. The molecule has 0 spiro atoms. The zero-order valence-electron chi connectivity index (χ0n) is 13.5. The van der Waals surface area contributed by atoms with Gasteiger partial charge in [-0.05, 0) is 55.2 Å². The van der Waals surface area contributed by atoms with Crippen LogP contribution in [-0.4, -0.2) is 19.0 Å². The predicted octanol–water partition coefficient (Wildman–Crippen LogP) is 3.35. The quantitative estimate of drug-likeness (QED) is 0.872. The maximum absolute atomic E-state index is 11.5. The van der Waals surface area contributed by atoms with Gasteiger partial charge in [-0.1, -0.05) is 26.0 Å². The Morgan fingerprint density at radius 2 is 1.76 bits per heavy atom. The molecule has 0 aliphatic heterocycles. The van der Waals surface area contributed by atoms with Crippen molar-refractivity contribution in [1.29, 1.82) is 0 Å². The SMILES string of the molecule is CNC(=O)c1ccc(CNC2CCC(C(C)C)CC2)cc1. The Balaban J connectivity index is 1.77. The first-order valence-corrected chi connectivity index (χ1v) is 8.14. The summed E-state index contributed by atoms with van der Waals surface area (Å²) in [5.74, 6) is 1.71. The molecular weight excluding hydrogens is 260 g/mol. The van der Waals surface area contributed by atoms with Crippen molar-refractivity contribution in [3.63, 3.8) is 0 Å². The van der Waals surface area contributed by atoms with E-state index >= 15 is 0 Å². The van der Waals surface area contributed by atoms with Crippen LogP contribution in [0.4, 0.5) is 0 Å². The molecule has 116 valence electrons. The van der Waals surface area contributed by atoms with Gasteiger partial charge in [0, 0.05) is 25.2 Å². The van der Waals surface area contributed by atoms with E-state index in [0.29, 0.717) is 6.04 Å². The van der Waals surface area contributed by atoms with Crippen LogP contribution in [0.5, 0.6) is 0 Å². The fraction of sp³-hybridized carbons (Fsp3) is 0.611. The molecule has 0 bridgehead atoms. The molecule has 0 heterocycles. The van der Waals surface area contributed by atoms with E-state index in [9.17, 15) is 4.79 Å². The number of carbonyl (C=O) groups excluding carboxylic acids is 1. The summed E-state index contributed by atoms with van der Waals surface area (Å²) < 4.78 is 0. The van der Waals surface area contributed by atoms with Crippen LogP contribution >= 0.6 is 0 Å². The van der Waals surface area contributed by atoms with Gasteiger partial charge in [0.1, 0.15) is 0 Å². The number of nitrogens with one attached hydrogen (secondary N) is 2. The molecular formula is C18H28N2O. The van der Waals surface area contributed by atoms with E-state index < -0.39 is 0 Å². The van der Waals surface area contributed by atoms with E-state index in [-0.39, 0.29) is 5.91 Å². The third kappa shape index (κ3) is 4.57. The summed E-state index contributed by atoms with van der Waals surface area (Å²) in [5.41, 5.74) is 1.97. The lowest BCUT2D eigenvalue weighted by Crippen LogP contribution is -2.33. The molecule has 1 amide bonds. The summed E-state index contributed by atoms with van der Waals surface area (Å²) in [6.45, 7) is 5.57. The molecule has 0 saturated heterocycles. The van der Waals surface area contributed by atoms with Crippen LogP contribution in [0.3, 0.4) is 0 Å². The first-order valence-electron chi connectivity index (χ1n) is 8.14. The number of hydrogen-bond acceptors (Lipinski definition) is 2. The van der Waals surface area contributed by atoms with Gasteiger partial charge < -0.3 is 10.6 Å². The number of hydrogen-bond donors (Lipinski definition) is 2. The van der Waals surface area contributed by atoms with Crippen molar-refractivity contribution in [3.05, 3.63) is 35.4 Å². The Bertz CT molecular complexity index is 445. The van der Waals surface area contributed by atoms with Crippen molar-refractivity contribution in [2.24, 2.45) is 11.8 Å². The van der Waals surface area contributed by atoms with Gasteiger partial charge in [-0.25, -0.2) is 0 Å². The lowest BCUT2D eigenvalue weighted by atomic mass is 9.80. The van der Waals surface area contributed by atoms with E-state index in [2.05, 4.69) is 24.5 Å². The van der Waals surface area contributed by atoms with Gasteiger partial charge in [0.05, 0.1) is 0 Å². The molecule has 1 saturated carbocycles. The molecule has 0 unspecified atom stereocenters. The first-order chi connectivity index (χ1) is 10.1. The molecule has 1 aromatic carbocycles. The summed E-state index contributed by atoms with van der Waals surface area (Å²) in [7, 11) is 1.66. The topological polar surface area (TPSA) is 41.1 Å². The summed E-state index contributed by atoms with van der Waals surface area (Å²) in [6.07, 6.45) is 5.29. The average molecular weight is 288 g/mol. The molecule has 2 rings (SSSR count). The molecule has 3 nitrogen and oxygen atoms in total. The van der Waals surface area contributed by atoms with E-state index in [4.69, 9.17) is 0 Å². The Morgan fingerprint density at radius 1 is 1.14 bits per heavy atom. The maximum Gasteiger partial charge on any atom is 0.251 e. The third-order valence-electron chi connectivity index (χ3n) is 4.75. The Hall–Kier alpha value is -1.35. The van der Waals surface area contributed by atoms with Crippen molar-refractivity contribution in [1.82, 2.24) is 10.6 Å². The Morgan fingerprint density at radius 3 is 2.29 bits per heavy atom. The predicted molar refractivity (Wildman–Crippen MR) is 87.3 cm³/mol. The minimum atomic E-state index is -0.0264. The van der Waals surface area contributed by atoms with Crippen LogP contribution < -0.4 is 10.6 Å². The normalized spacial score (nSPS) is 22.3. The first kappa shape index (κ1) is 16.0. The highest BCUT2D eigenvalue weighted by molar-refractivity contribution is 5.93. The van der Waals surface area contributed by atoms with E-state index in [1.54, 1.807) is 7.05 Å². The van der Waals surface area contributed by atoms with E-state index in [1.807, 2.05) is 24.3 Å². The molecule has 21 heavy (non-hydrogen) atoms. The highest BCUT2D eigenvalue weighted by Crippen LogP contribution is 2.29. The number of carbonyl (C=O) groups is 1. The van der Waals surface area contributed by atoms with Gasteiger partial charge in [-0.2, -0.15) is 0 Å². The van der Waals surface area contributed by atoms with Crippen molar-refractivity contribution >= 4 is 5.91 Å². The van der Waals surface area contributed by atoms with E-state index in [1.165, 1.54) is 31.2 Å². The van der Waals surface area contributed by atoms with Gasteiger partial charge in [-0.15, -0.1) is 0 Å². The number of rotatable bonds is 5. The standard InChI is InChI=1S/C18H28N2O/c1-13(2)15-8-10-17(11-9-15)20-12-14-4-6-16(7-5-14)18(21)19-3/h4-7,13,15,17,20H,8-12H2,1-3H3,(H,19,21). The smallest absolute Gasteiger partial charge is 0.251 e. The van der Waals surface area contributed by atoms with E-state index in [0.717, 1.165) is 23.9 Å². The van der Waals surface area contributed by atoms with Crippen LogP contribution in [-0.2, 0) is 6.54 Å². The molecule has 0 radical (unpaired) electrons. The zero-order valence-corrected chi connectivity index (χ0v) is 13.5. The average Bonchev–Trinajstić information content (AvgIpc) is 2.53. The Kier molecular flexibility index (Phi) is 5.80. The highest BCUT2D eigenvalue weighted by Gasteiger charge is 2.22. The molecule has 2 N–H and O–H groups in total. The molecule has 1 fully saturated rings. The molecule has 3 heteroatoms. The van der Waals surface area contributed by atoms with Gasteiger partial charge in [0.2, 0.25) is 0 Å². The monoisotopic (exact) mass is 288 g/mol. The summed E-state index contributed by atoms with van der Waals surface area (Å²) in [6, 6.07) is 8.52. The second-order valence-corrected chi connectivity index (χ2v) is 6.51. The number of benzene rings is 1. The molecule has 0 aromatic heterocycles. The van der Waals surface area contributed by atoms with Crippen molar-refractivity contribution in [2.45, 2.75) is 52.1 Å². The lowest BCUT2D eigenvalue weighted by molar-refractivity contribution is 0.0963. The van der Waals surface area contributed by atoms with Crippen LogP contribution in [0.15, 0.2) is 24.3 Å². The minimum absolute atomic E-state index is 0.0264. The van der Waals surface area contributed by atoms with Crippen LogP contribution in [0, 0.1) is 11.8 Å². The second kappa shape index (κ2) is 7.60. The van der Waals surface area contributed by atoms with Gasteiger partial charge >= 0.3 is 0 Å². The van der Waals surface area contributed by atoms with Crippen LogP contribution in [0.2, 0.25) is 0 Å². The highest BCUT2D eigenvalue weighted by atomic mass is 16.1. The van der Waals surface area contributed by atoms with Crippen LogP contribution in [0.25, 0.3) is 0 Å². The lowest BCUT2D eigenvalue weighted by Gasteiger charge is -2.31. The molecule has 1 aliphatic rings. The Labute approximate surface area is 128 Å². The fourth-order valence-corrected chi connectivity index (χ4v) is 3.17. The van der Waals surface area contributed by atoms with Crippen molar-refractivity contribution in [2.75, 3.05) is 7.05 Å². The van der Waals surface area contributed by atoms with Crippen LogP contribution in [0.1, 0.15) is 55.5 Å². The van der Waals surface area contributed by atoms with Gasteiger partial charge in [-0.3, -0.25) is 4.79 Å². The van der Waals surface area contributed by atoms with Crippen molar-refractivity contribution < 1.29 is 4.79 Å². The van der Waals surface area contributed by atoms with Gasteiger partial charge in [0.25, 0.3) is 5.91 Å².